The van der Waals surface area contributed by atoms with Gasteiger partial charge in [0.05, 0.1) is 16.6 Å². The van der Waals surface area contributed by atoms with E-state index in [-0.39, 0.29) is 5.56 Å². The number of ether oxygens (including phenoxy) is 1. The van der Waals surface area contributed by atoms with Crippen LogP contribution in [0.15, 0.2) is 63.9 Å². The molecule has 0 saturated heterocycles. The van der Waals surface area contributed by atoms with Gasteiger partial charge in [0.25, 0.3) is 5.56 Å². The lowest BCUT2D eigenvalue weighted by Gasteiger charge is -2.10. The van der Waals surface area contributed by atoms with E-state index in [9.17, 15) is 4.79 Å². The first-order chi connectivity index (χ1) is 16.6. The Morgan fingerprint density at radius 2 is 1.91 bits per heavy atom. The molecule has 0 aliphatic rings. The molecule has 7 nitrogen and oxygen atoms in total. The number of hydrogen-bond acceptors (Lipinski definition) is 7. The Hall–Kier alpha value is -3.17. The Bertz CT molecular complexity index is 1490. The van der Waals surface area contributed by atoms with Crippen molar-refractivity contribution in [3.05, 3.63) is 80.5 Å². The minimum Gasteiger partial charge on any atom is -0.486 e. The molecule has 0 saturated carbocycles. The third-order valence-corrected chi connectivity index (χ3v) is 7.38. The summed E-state index contributed by atoms with van der Waals surface area (Å²) in [6.45, 7) is 5.24. The highest BCUT2D eigenvalue weighted by atomic mass is 32.2. The van der Waals surface area contributed by atoms with Gasteiger partial charge < -0.3 is 4.74 Å². The Morgan fingerprint density at radius 1 is 1.09 bits per heavy atom. The Balaban J connectivity index is 1.36. The quantitative estimate of drug-likeness (QED) is 0.254. The lowest BCUT2D eigenvalue weighted by molar-refractivity contribution is 0.305. The van der Waals surface area contributed by atoms with E-state index in [1.165, 1.54) is 5.56 Å². The predicted molar refractivity (Wildman–Crippen MR) is 137 cm³/mol. The van der Waals surface area contributed by atoms with Crippen molar-refractivity contribution in [3.63, 3.8) is 0 Å². The molecular weight excluding hydrogens is 466 g/mol. The summed E-state index contributed by atoms with van der Waals surface area (Å²) in [4.78, 5) is 17.8. The average Bonchev–Trinajstić information content (AvgIpc) is 3.49. The summed E-state index contributed by atoms with van der Waals surface area (Å²) in [6.07, 6.45) is 1.91. The molecule has 9 heteroatoms. The van der Waals surface area contributed by atoms with Gasteiger partial charge in [-0.3, -0.25) is 13.8 Å². The minimum atomic E-state index is -0.0155. The maximum Gasteiger partial charge on any atom is 0.262 e. The molecule has 0 spiro atoms. The van der Waals surface area contributed by atoms with Crippen LogP contribution < -0.4 is 10.3 Å². The molecule has 3 heterocycles. The van der Waals surface area contributed by atoms with Crippen molar-refractivity contribution in [1.29, 1.82) is 0 Å². The average molecular weight is 492 g/mol. The zero-order valence-electron chi connectivity index (χ0n) is 19.1. The van der Waals surface area contributed by atoms with Gasteiger partial charge in [-0.05, 0) is 37.6 Å². The molecule has 0 aliphatic heterocycles. The van der Waals surface area contributed by atoms with E-state index in [1.807, 2.05) is 52.9 Å². The van der Waals surface area contributed by atoms with Gasteiger partial charge >= 0.3 is 0 Å². The van der Waals surface area contributed by atoms with Gasteiger partial charge in [-0.25, -0.2) is 4.98 Å². The van der Waals surface area contributed by atoms with Gasteiger partial charge in [0.1, 0.15) is 17.4 Å². The van der Waals surface area contributed by atoms with Crippen LogP contribution in [0.25, 0.3) is 16.7 Å². The highest BCUT2D eigenvalue weighted by Gasteiger charge is 2.17. The monoisotopic (exact) mass is 491 g/mol. The largest absolute Gasteiger partial charge is 0.486 e. The molecule has 174 valence electrons. The Labute approximate surface area is 205 Å². The van der Waals surface area contributed by atoms with Crippen molar-refractivity contribution < 1.29 is 4.74 Å². The molecule has 5 rings (SSSR count). The third kappa shape index (κ3) is 4.58. The summed E-state index contributed by atoms with van der Waals surface area (Å²) < 4.78 is 9.59. The summed E-state index contributed by atoms with van der Waals surface area (Å²) >= 11 is 3.16. The van der Waals surface area contributed by atoms with E-state index in [0.29, 0.717) is 30.1 Å². The number of thiazole rings is 1. The molecule has 5 aromatic rings. The van der Waals surface area contributed by atoms with Crippen molar-refractivity contribution in [2.75, 3.05) is 0 Å². The first-order valence-corrected chi connectivity index (χ1v) is 13.1. The van der Waals surface area contributed by atoms with E-state index in [1.54, 1.807) is 27.7 Å². The van der Waals surface area contributed by atoms with Gasteiger partial charge in [0, 0.05) is 17.7 Å². The number of thioether (sulfide) groups is 1. The normalized spacial score (nSPS) is 11.5. The van der Waals surface area contributed by atoms with Crippen LogP contribution in [0.4, 0.5) is 0 Å². The van der Waals surface area contributed by atoms with Crippen LogP contribution in [0.1, 0.15) is 36.0 Å². The zero-order valence-corrected chi connectivity index (χ0v) is 20.7. The summed E-state index contributed by atoms with van der Waals surface area (Å²) in [7, 11) is 0. The number of benzene rings is 2. The smallest absolute Gasteiger partial charge is 0.262 e. The SMILES string of the molecule is CCCCn1c(=O)c2ccccc2n2c(SCc3csc(COc4ccc(C)cc4)n3)nnc12. The number of unbranched alkanes of at least 4 members (excludes halogenated alkanes) is 1. The zero-order chi connectivity index (χ0) is 23.5. The van der Waals surface area contributed by atoms with Crippen molar-refractivity contribution >= 4 is 39.8 Å². The van der Waals surface area contributed by atoms with E-state index in [0.717, 1.165) is 40.0 Å². The van der Waals surface area contributed by atoms with Crippen LogP contribution in [0.5, 0.6) is 5.75 Å². The fraction of sp³-hybridized carbons (Fsp3) is 0.280. The fourth-order valence-electron chi connectivity index (χ4n) is 3.74. The van der Waals surface area contributed by atoms with Gasteiger partial charge in [-0.2, -0.15) is 0 Å². The summed E-state index contributed by atoms with van der Waals surface area (Å²) in [6, 6.07) is 15.7. The van der Waals surface area contributed by atoms with E-state index >= 15 is 0 Å². The molecule has 0 amide bonds. The van der Waals surface area contributed by atoms with Crippen molar-refractivity contribution in [1.82, 2.24) is 24.1 Å². The molecule has 2 aromatic carbocycles. The lowest BCUT2D eigenvalue weighted by Crippen LogP contribution is -2.23. The van der Waals surface area contributed by atoms with Crippen LogP contribution in [-0.4, -0.2) is 24.1 Å². The number of rotatable bonds is 9. The molecule has 0 radical (unpaired) electrons. The van der Waals surface area contributed by atoms with Crippen LogP contribution in [-0.2, 0) is 18.9 Å². The first-order valence-electron chi connectivity index (χ1n) is 11.3. The maximum atomic E-state index is 13.1. The molecule has 0 bridgehead atoms. The standard InChI is InChI=1S/C25H25N5O2S2/c1-3-4-13-29-23(31)20-7-5-6-8-21(20)30-24(29)27-28-25(30)34-16-18-15-33-22(26-18)14-32-19-11-9-17(2)10-12-19/h5-12,15H,3-4,13-14,16H2,1-2H3. The first kappa shape index (κ1) is 22.6. The number of hydrogen-bond donors (Lipinski definition) is 0. The summed E-state index contributed by atoms with van der Waals surface area (Å²) in [5, 5.41) is 13.2. The van der Waals surface area contributed by atoms with Crippen molar-refractivity contribution in [2.24, 2.45) is 0 Å². The number of nitrogens with zero attached hydrogens (tertiary/aromatic N) is 5. The van der Waals surface area contributed by atoms with Crippen molar-refractivity contribution in [2.45, 2.75) is 50.8 Å². The Morgan fingerprint density at radius 3 is 2.74 bits per heavy atom. The highest BCUT2D eigenvalue weighted by molar-refractivity contribution is 7.98. The predicted octanol–water partition coefficient (Wildman–Crippen LogP) is 5.48. The second-order valence-electron chi connectivity index (χ2n) is 8.07. The van der Waals surface area contributed by atoms with Crippen LogP contribution in [0.2, 0.25) is 0 Å². The van der Waals surface area contributed by atoms with Gasteiger partial charge in [0.2, 0.25) is 5.78 Å². The summed E-state index contributed by atoms with van der Waals surface area (Å²) in [5.41, 5.74) is 2.99. The highest BCUT2D eigenvalue weighted by Crippen LogP contribution is 2.26. The van der Waals surface area contributed by atoms with Crippen LogP contribution >= 0.6 is 23.1 Å². The lowest BCUT2D eigenvalue weighted by atomic mass is 10.2. The van der Waals surface area contributed by atoms with E-state index < -0.39 is 0 Å². The molecular formula is C25H25N5O2S2. The molecule has 0 fully saturated rings. The maximum absolute atomic E-state index is 13.1. The van der Waals surface area contributed by atoms with Gasteiger partial charge in [-0.1, -0.05) is 54.9 Å². The number of fused-ring (bicyclic) bond motifs is 3. The van der Waals surface area contributed by atoms with E-state index in [4.69, 9.17) is 9.72 Å². The minimum absolute atomic E-state index is 0.0155. The molecule has 3 aromatic heterocycles. The topological polar surface area (TPSA) is 74.3 Å². The van der Waals surface area contributed by atoms with Gasteiger partial charge in [-0.15, -0.1) is 21.5 Å². The van der Waals surface area contributed by atoms with Crippen molar-refractivity contribution in [3.8, 4) is 5.75 Å². The molecule has 0 N–H and O–H groups in total. The number of aromatic nitrogens is 5. The van der Waals surface area contributed by atoms with Crippen LogP contribution in [0, 0.1) is 6.92 Å². The molecule has 34 heavy (non-hydrogen) atoms. The third-order valence-electron chi connectivity index (χ3n) is 5.55. The number of para-hydroxylation sites is 1. The number of aryl methyl sites for hydroxylation is 2. The van der Waals surface area contributed by atoms with Crippen LogP contribution in [0.3, 0.4) is 0 Å². The Kier molecular flexibility index (Phi) is 6.64. The molecule has 0 aliphatic carbocycles. The molecule has 0 unspecified atom stereocenters. The summed E-state index contributed by atoms with van der Waals surface area (Å²) in [5.74, 6) is 2.09. The fourth-order valence-corrected chi connectivity index (χ4v) is 5.39. The second kappa shape index (κ2) is 9.99. The molecule has 0 atom stereocenters. The second-order valence-corrected chi connectivity index (χ2v) is 9.95. The van der Waals surface area contributed by atoms with E-state index in [2.05, 4.69) is 29.4 Å². The van der Waals surface area contributed by atoms with Gasteiger partial charge in [0.15, 0.2) is 5.16 Å².